The van der Waals surface area contributed by atoms with Gasteiger partial charge in [0.05, 0.1) is 12.7 Å². The van der Waals surface area contributed by atoms with Crippen LogP contribution in [0.2, 0.25) is 0 Å². The molecule has 1 saturated heterocycles. The number of aliphatic hydroxyl groups is 1. The Morgan fingerprint density at radius 3 is 2.30 bits per heavy atom. The van der Waals surface area contributed by atoms with Crippen LogP contribution in [0, 0.1) is 5.92 Å². The molecule has 1 heterocycles. The molecule has 0 spiro atoms. The Bertz CT molecular complexity index is 73.7. The minimum atomic E-state index is 0.130. The van der Waals surface area contributed by atoms with E-state index in [0.29, 0.717) is 5.92 Å². The van der Waals surface area contributed by atoms with E-state index in [0.717, 1.165) is 13.0 Å². The Kier molecular flexibility index (Phi) is 5.64. The first-order valence-corrected chi connectivity index (χ1v) is 4.05. The quantitative estimate of drug-likeness (QED) is 0.606. The zero-order valence-electron chi connectivity index (χ0n) is 7.13. The topological polar surface area (TPSA) is 29.5 Å². The Morgan fingerprint density at radius 1 is 1.50 bits per heavy atom. The van der Waals surface area contributed by atoms with Crippen LogP contribution in [0.5, 0.6) is 0 Å². The predicted molar refractivity (Wildman–Crippen MR) is 42.0 cm³/mol. The van der Waals surface area contributed by atoms with Crippen LogP contribution in [0.25, 0.3) is 0 Å². The molecular formula is C8H18O2. The number of rotatable bonds is 1. The molecular weight excluding hydrogens is 128 g/mol. The molecule has 10 heavy (non-hydrogen) atoms. The maximum Gasteiger partial charge on any atom is 0.0809 e. The Balaban J connectivity index is 0.000000371. The summed E-state index contributed by atoms with van der Waals surface area (Å²) in [5.74, 6) is 0.646. The van der Waals surface area contributed by atoms with Crippen molar-refractivity contribution in [1.82, 2.24) is 0 Å². The van der Waals surface area contributed by atoms with Crippen molar-refractivity contribution in [2.75, 3.05) is 13.2 Å². The van der Waals surface area contributed by atoms with E-state index in [1.165, 1.54) is 0 Å². The van der Waals surface area contributed by atoms with Gasteiger partial charge in [-0.25, -0.2) is 0 Å². The third kappa shape index (κ3) is 3.18. The van der Waals surface area contributed by atoms with Crippen LogP contribution in [-0.4, -0.2) is 24.4 Å². The average molecular weight is 146 g/mol. The summed E-state index contributed by atoms with van der Waals surface area (Å²) in [7, 11) is 0. The molecule has 2 nitrogen and oxygen atoms in total. The summed E-state index contributed by atoms with van der Waals surface area (Å²) in [6, 6.07) is 0. The Morgan fingerprint density at radius 2 is 2.10 bits per heavy atom. The summed E-state index contributed by atoms with van der Waals surface area (Å²) >= 11 is 0. The molecule has 2 atom stereocenters. The minimum absolute atomic E-state index is 0.130. The van der Waals surface area contributed by atoms with E-state index >= 15 is 0 Å². The molecule has 2 unspecified atom stereocenters. The summed E-state index contributed by atoms with van der Waals surface area (Å²) in [5, 5.41) is 8.56. The first-order chi connectivity index (χ1) is 4.83. The summed E-state index contributed by atoms with van der Waals surface area (Å²) < 4.78 is 5.16. The fourth-order valence-corrected chi connectivity index (χ4v) is 1.01. The van der Waals surface area contributed by atoms with Gasteiger partial charge in [0.2, 0.25) is 0 Å². The Hall–Kier alpha value is -0.0800. The minimum Gasteiger partial charge on any atom is -0.394 e. The van der Waals surface area contributed by atoms with Gasteiger partial charge in [0.1, 0.15) is 0 Å². The highest BCUT2D eigenvalue weighted by Crippen LogP contribution is 2.17. The van der Waals surface area contributed by atoms with Crippen LogP contribution in [-0.2, 0) is 4.74 Å². The lowest BCUT2D eigenvalue weighted by molar-refractivity contribution is 0.0576. The maximum absolute atomic E-state index is 8.56. The van der Waals surface area contributed by atoms with E-state index in [1.807, 2.05) is 13.8 Å². The van der Waals surface area contributed by atoms with Crippen LogP contribution in [0.3, 0.4) is 0 Å². The van der Waals surface area contributed by atoms with Gasteiger partial charge in [0.15, 0.2) is 0 Å². The molecule has 0 aromatic carbocycles. The molecule has 0 radical (unpaired) electrons. The van der Waals surface area contributed by atoms with Gasteiger partial charge in [0, 0.05) is 6.61 Å². The number of hydrogen-bond donors (Lipinski definition) is 1. The van der Waals surface area contributed by atoms with E-state index < -0.39 is 0 Å². The largest absolute Gasteiger partial charge is 0.394 e. The lowest BCUT2D eigenvalue weighted by Crippen LogP contribution is -2.09. The van der Waals surface area contributed by atoms with Gasteiger partial charge in [-0.2, -0.15) is 0 Å². The van der Waals surface area contributed by atoms with Crippen molar-refractivity contribution >= 4 is 0 Å². The monoisotopic (exact) mass is 146 g/mol. The van der Waals surface area contributed by atoms with Crippen molar-refractivity contribution < 1.29 is 9.84 Å². The standard InChI is InChI=1S/C6H12O2.C2H6/c1-5-2-6(3-7)8-4-5;1-2/h5-7H,2-4H2,1H3;1-2H3. The van der Waals surface area contributed by atoms with Crippen LogP contribution in [0.1, 0.15) is 27.2 Å². The molecule has 1 aliphatic heterocycles. The van der Waals surface area contributed by atoms with Crippen molar-refractivity contribution in [2.45, 2.75) is 33.3 Å². The zero-order chi connectivity index (χ0) is 7.98. The van der Waals surface area contributed by atoms with E-state index in [-0.39, 0.29) is 12.7 Å². The highest BCUT2D eigenvalue weighted by molar-refractivity contribution is 4.68. The molecule has 1 fully saturated rings. The number of ether oxygens (including phenoxy) is 1. The van der Waals surface area contributed by atoms with E-state index in [1.54, 1.807) is 0 Å². The van der Waals surface area contributed by atoms with Gasteiger partial charge in [0.25, 0.3) is 0 Å². The van der Waals surface area contributed by atoms with Crippen LogP contribution >= 0.6 is 0 Å². The summed E-state index contributed by atoms with van der Waals surface area (Å²) in [4.78, 5) is 0. The maximum atomic E-state index is 8.56. The van der Waals surface area contributed by atoms with Crippen LogP contribution in [0.4, 0.5) is 0 Å². The average Bonchev–Trinajstić information content (AvgIpc) is 2.40. The SMILES string of the molecule is CC.CC1COC(CO)C1. The second kappa shape index (κ2) is 5.69. The molecule has 0 amide bonds. The normalized spacial score (nSPS) is 31.2. The second-order valence-electron chi connectivity index (χ2n) is 2.48. The molecule has 62 valence electrons. The number of hydrogen-bond acceptors (Lipinski definition) is 2. The van der Waals surface area contributed by atoms with E-state index in [4.69, 9.17) is 9.84 Å². The van der Waals surface area contributed by atoms with Crippen LogP contribution < -0.4 is 0 Å². The van der Waals surface area contributed by atoms with Crippen molar-refractivity contribution in [3.63, 3.8) is 0 Å². The van der Waals surface area contributed by atoms with Gasteiger partial charge >= 0.3 is 0 Å². The van der Waals surface area contributed by atoms with E-state index in [2.05, 4.69) is 6.92 Å². The van der Waals surface area contributed by atoms with Crippen molar-refractivity contribution in [3.8, 4) is 0 Å². The molecule has 2 heteroatoms. The highest BCUT2D eigenvalue weighted by atomic mass is 16.5. The zero-order valence-corrected chi connectivity index (χ0v) is 7.13. The smallest absolute Gasteiger partial charge is 0.0809 e. The molecule has 0 aromatic rings. The first-order valence-electron chi connectivity index (χ1n) is 4.05. The molecule has 1 rings (SSSR count). The lowest BCUT2D eigenvalue weighted by atomic mass is 10.1. The van der Waals surface area contributed by atoms with E-state index in [9.17, 15) is 0 Å². The molecule has 0 aromatic heterocycles. The van der Waals surface area contributed by atoms with Gasteiger partial charge in [-0.3, -0.25) is 0 Å². The molecule has 0 saturated carbocycles. The molecule has 1 N–H and O–H groups in total. The third-order valence-corrected chi connectivity index (χ3v) is 1.49. The summed E-state index contributed by atoms with van der Waals surface area (Å²) in [6.07, 6.45) is 1.15. The van der Waals surface area contributed by atoms with Gasteiger partial charge in [-0.1, -0.05) is 20.8 Å². The fourth-order valence-electron chi connectivity index (χ4n) is 1.01. The predicted octanol–water partition coefficient (Wildman–Crippen LogP) is 1.43. The van der Waals surface area contributed by atoms with Crippen molar-refractivity contribution in [3.05, 3.63) is 0 Å². The highest BCUT2D eigenvalue weighted by Gasteiger charge is 2.20. The van der Waals surface area contributed by atoms with Gasteiger partial charge < -0.3 is 9.84 Å². The van der Waals surface area contributed by atoms with Crippen LogP contribution in [0.15, 0.2) is 0 Å². The Labute approximate surface area is 63.2 Å². The number of aliphatic hydroxyl groups excluding tert-OH is 1. The summed E-state index contributed by atoms with van der Waals surface area (Å²) in [5.41, 5.74) is 0. The first kappa shape index (κ1) is 9.92. The van der Waals surface area contributed by atoms with Crippen molar-refractivity contribution in [2.24, 2.45) is 5.92 Å². The summed E-state index contributed by atoms with van der Waals surface area (Å²) in [6.45, 7) is 7.14. The van der Waals surface area contributed by atoms with Crippen molar-refractivity contribution in [1.29, 1.82) is 0 Å². The fraction of sp³-hybridized carbons (Fsp3) is 1.00. The van der Waals surface area contributed by atoms with Gasteiger partial charge in [-0.15, -0.1) is 0 Å². The van der Waals surface area contributed by atoms with Gasteiger partial charge in [-0.05, 0) is 12.3 Å². The molecule has 0 aliphatic carbocycles. The molecule has 1 aliphatic rings. The second-order valence-corrected chi connectivity index (χ2v) is 2.48. The molecule has 0 bridgehead atoms. The lowest BCUT2D eigenvalue weighted by Gasteiger charge is -2.01. The third-order valence-electron chi connectivity index (χ3n) is 1.49.